The van der Waals surface area contributed by atoms with E-state index in [0.29, 0.717) is 17.8 Å². The Kier molecular flexibility index (Phi) is 4.41. The number of rotatable bonds is 2. The second-order valence-corrected chi connectivity index (χ2v) is 7.59. The summed E-state index contributed by atoms with van der Waals surface area (Å²) in [4.78, 5) is 37.2. The maximum absolute atomic E-state index is 13.2. The summed E-state index contributed by atoms with van der Waals surface area (Å²) in [6.07, 6.45) is 2.09. The van der Waals surface area contributed by atoms with Crippen LogP contribution in [-0.4, -0.2) is 17.6 Å². The van der Waals surface area contributed by atoms with Crippen molar-refractivity contribution in [3.05, 3.63) is 40.8 Å². The molecule has 3 rings (SSSR count). The number of anilines is 1. The number of benzene rings is 1. The monoisotopic (exact) mass is 364 g/mol. The highest BCUT2D eigenvalue weighted by atomic mass is 35.5. The molecule has 0 bridgehead atoms. The molecule has 1 heterocycles. The summed E-state index contributed by atoms with van der Waals surface area (Å²) in [6, 6.07) is 3.82. The van der Waals surface area contributed by atoms with Gasteiger partial charge < -0.3 is 10.6 Å². The highest BCUT2D eigenvalue weighted by Crippen LogP contribution is 2.40. The number of piperidine rings is 1. The number of fused-ring (bicyclic) bond motifs is 1. The van der Waals surface area contributed by atoms with E-state index in [0.717, 1.165) is 6.07 Å². The van der Waals surface area contributed by atoms with Crippen LogP contribution in [0.3, 0.4) is 0 Å². The molecule has 0 unspecified atom stereocenters. The van der Waals surface area contributed by atoms with Crippen molar-refractivity contribution in [1.29, 1.82) is 0 Å². The van der Waals surface area contributed by atoms with Crippen LogP contribution in [0, 0.1) is 23.1 Å². The quantitative estimate of drug-likeness (QED) is 0.846. The van der Waals surface area contributed by atoms with Gasteiger partial charge in [-0.2, -0.15) is 0 Å². The van der Waals surface area contributed by atoms with E-state index >= 15 is 0 Å². The summed E-state index contributed by atoms with van der Waals surface area (Å²) in [5.74, 6) is -2.88. The molecule has 7 heteroatoms. The number of hydrogen-bond donors (Lipinski definition) is 2. The lowest BCUT2D eigenvalue weighted by atomic mass is 9.69. The van der Waals surface area contributed by atoms with Gasteiger partial charge in [-0.25, -0.2) is 4.39 Å². The molecule has 0 aromatic heterocycles. The molecule has 25 heavy (non-hydrogen) atoms. The standard InChI is InChI=1S/C18H18ClFN2O3/c1-18(2)7-13-16(14(23)8-18)10(6-15(24)22-13)17(25)21-9-3-4-12(20)11(19)5-9/h3-5,7,10,16H,6,8H2,1-2H3,(H,21,25)(H,22,24)/t10-,16+/m0/s1. The highest BCUT2D eigenvalue weighted by molar-refractivity contribution is 6.31. The Bertz CT molecular complexity index is 804. The number of nitrogens with one attached hydrogen (secondary N) is 2. The number of hydrogen-bond acceptors (Lipinski definition) is 3. The molecule has 1 aromatic rings. The van der Waals surface area contributed by atoms with Crippen LogP contribution in [0.1, 0.15) is 26.7 Å². The van der Waals surface area contributed by atoms with Crippen molar-refractivity contribution in [3.8, 4) is 0 Å². The molecule has 2 amide bonds. The Morgan fingerprint density at radius 1 is 1.36 bits per heavy atom. The largest absolute Gasteiger partial charge is 0.329 e. The Labute approximate surface area is 149 Å². The van der Waals surface area contributed by atoms with E-state index < -0.39 is 23.6 Å². The Balaban J connectivity index is 1.87. The average Bonchev–Trinajstić information content (AvgIpc) is 2.48. The van der Waals surface area contributed by atoms with E-state index in [9.17, 15) is 18.8 Å². The lowest BCUT2D eigenvalue weighted by Gasteiger charge is -2.38. The Morgan fingerprint density at radius 2 is 2.08 bits per heavy atom. The molecule has 132 valence electrons. The second-order valence-electron chi connectivity index (χ2n) is 7.19. The highest BCUT2D eigenvalue weighted by Gasteiger charge is 2.45. The van der Waals surface area contributed by atoms with E-state index in [4.69, 9.17) is 11.6 Å². The van der Waals surface area contributed by atoms with E-state index in [1.54, 1.807) is 0 Å². The predicted molar refractivity (Wildman–Crippen MR) is 91.3 cm³/mol. The van der Waals surface area contributed by atoms with Crippen molar-refractivity contribution in [2.75, 3.05) is 5.32 Å². The van der Waals surface area contributed by atoms with Crippen LogP contribution in [0.25, 0.3) is 0 Å². The molecule has 1 fully saturated rings. The summed E-state index contributed by atoms with van der Waals surface area (Å²) >= 11 is 5.72. The molecule has 0 saturated carbocycles. The molecule has 5 nitrogen and oxygen atoms in total. The molecule has 2 aliphatic rings. The lowest BCUT2D eigenvalue weighted by molar-refractivity contribution is -0.136. The minimum Gasteiger partial charge on any atom is -0.329 e. The van der Waals surface area contributed by atoms with E-state index in [-0.39, 0.29) is 28.5 Å². The number of halogens is 2. The summed E-state index contributed by atoms with van der Waals surface area (Å²) in [6.45, 7) is 3.81. The van der Waals surface area contributed by atoms with E-state index in [2.05, 4.69) is 10.6 Å². The topological polar surface area (TPSA) is 75.3 Å². The summed E-state index contributed by atoms with van der Waals surface area (Å²) in [5, 5.41) is 5.23. The van der Waals surface area contributed by atoms with Gasteiger partial charge in [0.1, 0.15) is 11.6 Å². The van der Waals surface area contributed by atoms with E-state index in [1.165, 1.54) is 12.1 Å². The van der Waals surface area contributed by atoms with Crippen molar-refractivity contribution in [2.24, 2.45) is 17.3 Å². The number of Topliss-reactive ketones (excluding diaryl/α,β-unsaturated/α-hetero) is 1. The third-order valence-electron chi connectivity index (χ3n) is 4.47. The first-order valence-corrected chi connectivity index (χ1v) is 8.35. The van der Waals surface area contributed by atoms with Crippen LogP contribution in [0.5, 0.6) is 0 Å². The van der Waals surface area contributed by atoms with Gasteiger partial charge in [-0.1, -0.05) is 31.5 Å². The van der Waals surface area contributed by atoms with Crippen molar-refractivity contribution in [1.82, 2.24) is 5.32 Å². The van der Waals surface area contributed by atoms with Crippen LogP contribution in [-0.2, 0) is 14.4 Å². The van der Waals surface area contributed by atoms with Gasteiger partial charge in [0.15, 0.2) is 0 Å². The third-order valence-corrected chi connectivity index (χ3v) is 4.76. The Morgan fingerprint density at radius 3 is 2.76 bits per heavy atom. The average molecular weight is 365 g/mol. The Hall–Kier alpha value is -2.21. The fraction of sp³-hybridized carbons (Fsp3) is 0.389. The van der Waals surface area contributed by atoms with Crippen LogP contribution >= 0.6 is 11.6 Å². The fourth-order valence-corrected chi connectivity index (χ4v) is 3.61. The molecular formula is C18H18ClFN2O3. The molecule has 0 spiro atoms. The van der Waals surface area contributed by atoms with Gasteiger partial charge >= 0.3 is 0 Å². The van der Waals surface area contributed by atoms with Gasteiger partial charge in [0.05, 0.1) is 16.9 Å². The van der Waals surface area contributed by atoms with Crippen LogP contribution in [0.2, 0.25) is 5.02 Å². The zero-order valence-corrected chi connectivity index (χ0v) is 14.6. The lowest BCUT2D eigenvalue weighted by Crippen LogP contribution is -2.49. The van der Waals surface area contributed by atoms with Gasteiger partial charge in [0.2, 0.25) is 11.8 Å². The maximum Gasteiger partial charge on any atom is 0.229 e. The van der Waals surface area contributed by atoms with Gasteiger partial charge in [-0.15, -0.1) is 0 Å². The number of allylic oxidation sites excluding steroid dienone is 2. The van der Waals surface area contributed by atoms with Gasteiger partial charge in [0.25, 0.3) is 0 Å². The van der Waals surface area contributed by atoms with Crippen molar-refractivity contribution < 1.29 is 18.8 Å². The van der Waals surface area contributed by atoms with Gasteiger partial charge in [-0.3, -0.25) is 14.4 Å². The number of carbonyl (C=O) groups is 3. The number of carbonyl (C=O) groups excluding carboxylic acids is 3. The van der Waals surface area contributed by atoms with Crippen LogP contribution in [0.4, 0.5) is 10.1 Å². The first-order chi connectivity index (χ1) is 11.7. The number of amides is 2. The smallest absolute Gasteiger partial charge is 0.229 e. The predicted octanol–water partition coefficient (Wildman–Crippen LogP) is 3.05. The van der Waals surface area contributed by atoms with E-state index in [1.807, 2.05) is 19.9 Å². The van der Waals surface area contributed by atoms with Crippen LogP contribution < -0.4 is 10.6 Å². The normalized spacial score (nSPS) is 24.9. The minimum absolute atomic E-state index is 0.0696. The molecule has 2 N–H and O–H groups in total. The molecule has 0 radical (unpaired) electrons. The maximum atomic E-state index is 13.2. The zero-order chi connectivity index (χ0) is 18.4. The fourth-order valence-electron chi connectivity index (χ4n) is 3.43. The SMILES string of the molecule is CC1(C)C=C2NC(=O)C[C@H](C(=O)Nc3ccc(F)c(Cl)c3)[C@H]2C(=O)C1. The summed E-state index contributed by atoms with van der Waals surface area (Å²) in [5.41, 5.74) is 0.449. The molecule has 1 aromatic carbocycles. The van der Waals surface area contributed by atoms with Crippen molar-refractivity contribution in [3.63, 3.8) is 0 Å². The molecule has 1 aliphatic heterocycles. The zero-order valence-electron chi connectivity index (χ0n) is 13.9. The van der Waals surface area contributed by atoms with Gasteiger partial charge in [0, 0.05) is 24.2 Å². The molecule has 2 atom stereocenters. The summed E-state index contributed by atoms with van der Waals surface area (Å²) < 4.78 is 13.2. The second kappa shape index (κ2) is 6.26. The third kappa shape index (κ3) is 3.58. The van der Waals surface area contributed by atoms with Gasteiger partial charge in [-0.05, 0) is 23.6 Å². The molecule has 1 aliphatic carbocycles. The van der Waals surface area contributed by atoms with Crippen molar-refractivity contribution in [2.45, 2.75) is 26.7 Å². The van der Waals surface area contributed by atoms with Crippen LogP contribution in [0.15, 0.2) is 30.0 Å². The minimum atomic E-state index is -0.799. The first kappa shape index (κ1) is 17.6. The molecule has 1 saturated heterocycles. The molecular weight excluding hydrogens is 347 g/mol. The first-order valence-electron chi connectivity index (χ1n) is 7.97. The van der Waals surface area contributed by atoms with Crippen molar-refractivity contribution >= 4 is 34.9 Å². The summed E-state index contributed by atoms with van der Waals surface area (Å²) in [7, 11) is 0. The number of ketones is 1.